The molecule has 158 valence electrons. The van der Waals surface area contributed by atoms with Crippen LogP contribution in [0.4, 0.5) is 13.2 Å². The summed E-state index contributed by atoms with van der Waals surface area (Å²) in [5.74, 6) is 2.12. The van der Waals surface area contributed by atoms with Crippen LogP contribution >= 0.6 is 0 Å². The van der Waals surface area contributed by atoms with Gasteiger partial charge in [-0.3, -0.25) is 9.89 Å². The van der Waals surface area contributed by atoms with Crippen LogP contribution in [0, 0.1) is 11.8 Å². The first-order valence-corrected chi connectivity index (χ1v) is 10.2. The lowest BCUT2D eigenvalue weighted by atomic mass is 9.93. The molecular formula is C19H35F3N4O. The van der Waals surface area contributed by atoms with Crippen LogP contribution in [0.5, 0.6) is 0 Å². The van der Waals surface area contributed by atoms with Crippen LogP contribution in [-0.4, -0.2) is 81.5 Å². The van der Waals surface area contributed by atoms with Crippen LogP contribution in [0.3, 0.4) is 0 Å². The van der Waals surface area contributed by atoms with Gasteiger partial charge >= 0.3 is 6.18 Å². The Morgan fingerprint density at radius 3 is 2.48 bits per heavy atom. The van der Waals surface area contributed by atoms with Crippen molar-refractivity contribution in [2.75, 3.05) is 59.5 Å². The van der Waals surface area contributed by atoms with Crippen molar-refractivity contribution in [2.24, 2.45) is 16.8 Å². The van der Waals surface area contributed by atoms with E-state index in [0.717, 1.165) is 50.8 Å². The lowest BCUT2D eigenvalue weighted by Gasteiger charge is -2.32. The highest BCUT2D eigenvalue weighted by Crippen LogP contribution is 2.28. The van der Waals surface area contributed by atoms with Gasteiger partial charge in [-0.15, -0.1) is 0 Å². The Morgan fingerprint density at radius 1 is 1.19 bits per heavy atom. The number of nitrogens with one attached hydrogen (secondary N) is 1. The molecule has 1 aliphatic heterocycles. The molecule has 0 spiro atoms. The van der Waals surface area contributed by atoms with E-state index >= 15 is 0 Å². The van der Waals surface area contributed by atoms with Crippen molar-refractivity contribution < 1.29 is 17.9 Å². The molecule has 1 N–H and O–H groups in total. The van der Waals surface area contributed by atoms with Crippen LogP contribution in [0.15, 0.2) is 4.99 Å². The third kappa shape index (κ3) is 9.65. The van der Waals surface area contributed by atoms with Crippen LogP contribution in [0.2, 0.25) is 0 Å². The number of rotatable bonds is 10. The number of likely N-dealkylation sites (N-methyl/N-ethyl adjacent to an activating group) is 1. The van der Waals surface area contributed by atoms with Gasteiger partial charge in [0.1, 0.15) is 0 Å². The molecule has 0 atom stereocenters. The van der Waals surface area contributed by atoms with Gasteiger partial charge in [0.2, 0.25) is 0 Å². The van der Waals surface area contributed by atoms with Crippen molar-refractivity contribution in [3.05, 3.63) is 0 Å². The second-order valence-corrected chi connectivity index (χ2v) is 7.80. The standard InChI is InChI=1S/C19H35F3N4O/c1-3-23-18(25(2)12-13-27-14-17-4-5-17)24-9-6-16-7-10-26(11-8-16)15-19(20,21)22/h16-17H,3-15H2,1-2H3,(H,23,24). The zero-order chi connectivity index (χ0) is 19.7. The highest BCUT2D eigenvalue weighted by molar-refractivity contribution is 5.79. The fourth-order valence-electron chi connectivity index (χ4n) is 3.35. The molecule has 8 heteroatoms. The number of nitrogens with zero attached hydrogens (tertiary/aromatic N) is 3. The fourth-order valence-corrected chi connectivity index (χ4v) is 3.35. The Labute approximate surface area is 161 Å². The summed E-state index contributed by atoms with van der Waals surface area (Å²) >= 11 is 0. The third-order valence-corrected chi connectivity index (χ3v) is 5.23. The van der Waals surface area contributed by atoms with E-state index in [1.165, 1.54) is 17.7 Å². The summed E-state index contributed by atoms with van der Waals surface area (Å²) in [4.78, 5) is 8.29. The average molecular weight is 393 g/mol. The lowest BCUT2D eigenvalue weighted by Crippen LogP contribution is -2.41. The Balaban J connectivity index is 1.64. The monoisotopic (exact) mass is 392 g/mol. The second-order valence-electron chi connectivity index (χ2n) is 7.80. The molecule has 27 heavy (non-hydrogen) atoms. The molecular weight excluding hydrogens is 357 g/mol. The number of likely N-dealkylation sites (tertiary alicyclic amines) is 1. The molecule has 0 aromatic rings. The summed E-state index contributed by atoms with van der Waals surface area (Å²) in [7, 11) is 2.01. The van der Waals surface area contributed by atoms with Crippen molar-refractivity contribution >= 4 is 5.96 Å². The molecule has 1 saturated carbocycles. The predicted octanol–water partition coefficient (Wildman–Crippen LogP) is 2.97. The van der Waals surface area contributed by atoms with Crippen molar-refractivity contribution in [3.63, 3.8) is 0 Å². The molecule has 0 radical (unpaired) electrons. The fraction of sp³-hybridized carbons (Fsp3) is 0.947. The molecule has 1 heterocycles. The molecule has 0 aromatic heterocycles. The molecule has 0 aromatic carbocycles. The van der Waals surface area contributed by atoms with E-state index in [4.69, 9.17) is 9.73 Å². The topological polar surface area (TPSA) is 40.1 Å². The van der Waals surface area contributed by atoms with Gasteiger partial charge in [0.15, 0.2) is 5.96 Å². The number of piperidine rings is 1. The number of aliphatic imine (C=N–C) groups is 1. The van der Waals surface area contributed by atoms with E-state index in [0.29, 0.717) is 32.2 Å². The highest BCUT2D eigenvalue weighted by Gasteiger charge is 2.32. The summed E-state index contributed by atoms with van der Waals surface area (Å²) in [6.45, 7) is 6.22. The third-order valence-electron chi connectivity index (χ3n) is 5.23. The van der Waals surface area contributed by atoms with Gasteiger partial charge in [-0.1, -0.05) is 0 Å². The van der Waals surface area contributed by atoms with Gasteiger partial charge in [-0.25, -0.2) is 0 Å². The molecule has 2 fully saturated rings. The summed E-state index contributed by atoms with van der Waals surface area (Å²) in [6, 6.07) is 0. The highest BCUT2D eigenvalue weighted by atomic mass is 19.4. The first-order chi connectivity index (χ1) is 12.9. The van der Waals surface area contributed by atoms with Gasteiger partial charge < -0.3 is 15.0 Å². The molecule has 2 aliphatic rings. The molecule has 0 unspecified atom stereocenters. The quantitative estimate of drug-likeness (QED) is 0.353. The van der Waals surface area contributed by atoms with Gasteiger partial charge in [0.25, 0.3) is 0 Å². The van der Waals surface area contributed by atoms with Crippen LogP contribution in [0.25, 0.3) is 0 Å². The number of guanidine groups is 1. The minimum absolute atomic E-state index is 0.466. The Kier molecular flexibility index (Phi) is 9.15. The average Bonchev–Trinajstić information content (AvgIpc) is 3.42. The van der Waals surface area contributed by atoms with Crippen LogP contribution in [0.1, 0.15) is 39.0 Å². The molecule has 5 nitrogen and oxygen atoms in total. The smallest absolute Gasteiger partial charge is 0.379 e. The van der Waals surface area contributed by atoms with Crippen molar-refractivity contribution in [1.82, 2.24) is 15.1 Å². The first-order valence-electron chi connectivity index (χ1n) is 10.2. The van der Waals surface area contributed by atoms with Gasteiger partial charge in [-0.2, -0.15) is 13.2 Å². The number of halogens is 3. The molecule has 1 saturated heterocycles. The molecule has 2 rings (SSSR count). The van der Waals surface area contributed by atoms with E-state index in [1.807, 2.05) is 14.0 Å². The number of ether oxygens (including phenoxy) is 1. The number of hydrogen-bond donors (Lipinski definition) is 1. The maximum absolute atomic E-state index is 12.5. The van der Waals surface area contributed by atoms with E-state index < -0.39 is 12.7 Å². The Bertz CT molecular complexity index is 447. The van der Waals surface area contributed by atoms with Gasteiger partial charge in [0.05, 0.1) is 13.2 Å². The van der Waals surface area contributed by atoms with E-state index in [2.05, 4.69) is 10.2 Å². The van der Waals surface area contributed by atoms with Crippen molar-refractivity contribution in [3.8, 4) is 0 Å². The van der Waals surface area contributed by atoms with E-state index in [-0.39, 0.29) is 0 Å². The Hall–Kier alpha value is -1.02. The van der Waals surface area contributed by atoms with E-state index in [1.54, 1.807) is 0 Å². The molecule has 0 amide bonds. The number of alkyl halides is 3. The summed E-state index contributed by atoms with van der Waals surface area (Å²) in [5, 5.41) is 3.30. The van der Waals surface area contributed by atoms with Crippen LogP contribution in [-0.2, 0) is 4.74 Å². The molecule has 1 aliphatic carbocycles. The van der Waals surface area contributed by atoms with Gasteiger partial charge in [-0.05, 0) is 64.0 Å². The summed E-state index contributed by atoms with van der Waals surface area (Å²) in [5.41, 5.74) is 0. The molecule has 0 bridgehead atoms. The number of hydrogen-bond acceptors (Lipinski definition) is 3. The minimum Gasteiger partial charge on any atom is -0.379 e. The zero-order valence-corrected chi connectivity index (χ0v) is 16.7. The SMILES string of the molecule is CCNC(=NCCC1CCN(CC(F)(F)F)CC1)N(C)CCOCC1CC1. The Morgan fingerprint density at radius 2 is 1.89 bits per heavy atom. The largest absolute Gasteiger partial charge is 0.401 e. The van der Waals surface area contributed by atoms with Crippen molar-refractivity contribution in [1.29, 1.82) is 0 Å². The van der Waals surface area contributed by atoms with E-state index in [9.17, 15) is 13.2 Å². The predicted molar refractivity (Wildman–Crippen MR) is 102 cm³/mol. The maximum Gasteiger partial charge on any atom is 0.401 e. The first kappa shape index (κ1) is 22.3. The summed E-state index contributed by atoms with van der Waals surface area (Å²) < 4.78 is 43.0. The normalized spacial score (nSPS) is 20.1. The second kappa shape index (κ2) is 11.1. The minimum atomic E-state index is -4.09. The van der Waals surface area contributed by atoms with Crippen molar-refractivity contribution in [2.45, 2.75) is 45.2 Å². The lowest BCUT2D eigenvalue weighted by molar-refractivity contribution is -0.148. The zero-order valence-electron chi connectivity index (χ0n) is 16.7. The maximum atomic E-state index is 12.5. The summed E-state index contributed by atoms with van der Waals surface area (Å²) in [6.07, 6.45) is 1.09. The van der Waals surface area contributed by atoms with Gasteiger partial charge in [0, 0.05) is 33.3 Å². The van der Waals surface area contributed by atoms with Crippen LogP contribution < -0.4 is 5.32 Å².